The standard InChI is InChI=1S/C24H21N5O2S/c1-12-7-20(32-11-12)22-16-8-14(3-6-19(16)27-28-22)15-4-5-18(25)21-17(15)10-29(24(21)31)9-13(2)23(26)30/h3-8,11H,2,9-10,25H2,1H3,(H2,26,30)(H,27,28). The topological polar surface area (TPSA) is 118 Å². The summed E-state index contributed by atoms with van der Waals surface area (Å²) in [4.78, 5) is 27.1. The number of nitrogens with zero attached hydrogens (tertiary/aromatic N) is 2. The second kappa shape index (κ2) is 7.35. The van der Waals surface area contributed by atoms with Gasteiger partial charge in [-0.25, -0.2) is 0 Å². The smallest absolute Gasteiger partial charge is 0.256 e. The number of fused-ring (bicyclic) bond motifs is 2. The number of H-pyrrole nitrogens is 1. The number of aromatic amines is 1. The molecular formula is C24H21N5O2S. The Morgan fingerprint density at radius 2 is 2.09 bits per heavy atom. The number of carbonyl (C=O) groups is 2. The second-order valence-electron chi connectivity index (χ2n) is 8.01. The van der Waals surface area contributed by atoms with E-state index < -0.39 is 5.91 Å². The first-order valence-electron chi connectivity index (χ1n) is 10.1. The third-order valence-electron chi connectivity index (χ3n) is 5.76. The van der Waals surface area contributed by atoms with Gasteiger partial charge in [-0.15, -0.1) is 11.3 Å². The number of nitrogens with one attached hydrogen (secondary N) is 1. The van der Waals surface area contributed by atoms with E-state index in [9.17, 15) is 9.59 Å². The molecule has 1 aliphatic rings. The Balaban J connectivity index is 1.59. The predicted octanol–water partition coefficient (Wildman–Crippen LogP) is 3.85. The minimum absolute atomic E-state index is 0.0738. The Bertz CT molecular complexity index is 1430. The number of thiophene rings is 1. The molecule has 0 aliphatic carbocycles. The average Bonchev–Trinajstić information content (AvgIpc) is 3.45. The maximum Gasteiger partial charge on any atom is 0.256 e. The van der Waals surface area contributed by atoms with Gasteiger partial charge in [0.1, 0.15) is 5.69 Å². The van der Waals surface area contributed by atoms with Crippen LogP contribution in [-0.2, 0) is 11.3 Å². The lowest BCUT2D eigenvalue weighted by Crippen LogP contribution is -2.30. The summed E-state index contributed by atoms with van der Waals surface area (Å²) in [5.41, 5.74) is 18.3. The lowest BCUT2D eigenvalue weighted by atomic mass is 9.94. The fraction of sp³-hybridized carbons (Fsp3) is 0.125. The van der Waals surface area contributed by atoms with Gasteiger partial charge in [-0.2, -0.15) is 5.10 Å². The molecule has 2 aromatic heterocycles. The number of hydrogen-bond donors (Lipinski definition) is 3. The molecule has 160 valence electrons. The van der Waals surface area contributed by atoms with E-state index in [4.69, 9.17) is 11.5 Å². The molecule has 2 aromatic carbocycles. The largest absolute Gasteiger partial charge is 0.398 e. The van der Waals surface area contributed by atoms with Crippen LogP contribution in [0.2, 0.25) is 0 Å². The molecule has 0 atom stereocenters. The lowest BCUT2D eigenvalue weighted by molar-refractivity contribution is -0.114. The summed E-state index contributed by atoms with van der Waals surface area (Å²) in [6.45, 7) is 6.15. The zero-order chi connectivity index (χ0) is 22.6. The summed E-state index contributed by atoms with van der Waals surface area (Å²) in [7, 11) is 0. The zero-order valence-corrected chi connectivity index (χ0v) is 18.3. The first-order chi connectivity index (χ1) is 15.3. The molecule has 2 amide bonds. The molecule has 4 aromatic rings. The van der Waals surface area contributed by atoms with E-state index in [1.54, 1.807) is 22.3 Å². The third-order valence-corrected chi connectivity index (χ3v) is 6.82. The molecule has 5 rings (SSSR count). The molecule has 1 aliphatic heterocycles. The van der Waals surface area contributed by atoms with Crippen molar-refractivity contribution in [1.29, 1.82) is 0 Å². The van der Waals surface area contributed by atoms with Gasteiger partial charge in [0, 0.05) is 23.2 Å². The fourth-order valence-corrected chi connectivity index (χ4v) is 5.04. The summed E-state index contributed by atoms with van der Waals surface area (Å²) in [5, 5.41) is 10.7. The minimum atomic E-state index is -0.622. The van der Waals surface area contributed by atoms with Crippen LogP contribution in [0.25, 0.3) is 32.6 Å². The molecule has 0 unspecified atom stereocenters. The van der Waals surface area contributed by atoms with E-state index in [0.29, 0.717) is 17.8 Å². The normalized spacial score (nSPS) is 13.0. The molecule has 0 bridgehead atoms. The molecular weight excluding hydrogens is 422 g/mol. The van der Waals surface area contributed by atoms with Crippen LogP contribution < -0.4 is 11.5 Å². The van der Waals surface area contributed by atoms with Gasteiger partial charge < -0.3 is 16.4 Å². The first kappa shape index (κ1) is 20.0. The molecule has 3 heterocycles. The van der Waals surface area contributed by atoms with Crippen LogP contribution >= 0.6 is 11.3 Å². The summed E-state index contributed by atoms with van der Waals surface area (Å²) in [5.74, 6) is -0.843. The Labute approximate surface area is 188 Å². The van der Waals surface area contributed by atoms with E-state index in [0.717, 1.165) is 38.2 Å². The number of aromatic nitrogens is 2. The van der Waals surface area contributed by atoms with Crippen LogP contribution in [0.5, 0.6) is 0 Å². The van der Waals surface area contributed by atoms with Gasteiger partial charge in [0.05, 0.1) is 22.5 Å². The van der Waals surface area contributed by atoms with E-state index in [1.807, 2.05) is 18.2 Å². The third kappa shape index (κ3) is 3.16. The first-order valence-corrected chi connectivity index (χ1v) is 10.9. The highest BCUT2D eigenvalue weighted by molar-refractivity contribution is 7.13. The van der Waals surface area contributed by atoms with E-state index in [2.05, 4.69) is 41.2 Å². The molecule has 8 heteroatoms. The second-order valence-corrected chi connectivity index (χ2v) is 8.92. The van der Waals surface area contributed by atoms with Gasteiger partial charge in [0.15, 0.2) is 0 Å². The van der Waals surface area contributed by atoms with Gasteiger partial charge in [-0.05, 0) is 58.8 Å². The number of rotatable bonds is 5. The van der Waals surface area contributed by atoms with Crippen LogP contribution in [-0.4, -0.2) is 33.5 Å². The maximum absolute atomic E-state index is 13.0. The maximum atomic E-state index is 13.0. The quantitative estimate of drug-likeness (QED) is 0.321. The van der Waals surface area contributed by atoms with E-state index in [-0.39, 0.29) is 18.0 Å². The number of primary amides is 1. The van der Waals surface area contributed by atoms with Gasteiger partial charge in [-0.1, -0.05) is 18.7 Å². The number of nitrogens with two attached hydrogens (primary N) is 2. The number of anilines is 1. The minimum Gasteiger partial charge on any atom is -0.398 e. The van der Waals surface area contributed by atoms with Crippen molar-refractivity contribution in [1.82, 2.24) is 15.1 Å². The Morgan fingerprint density at radius 1 is 1.28 bits per heavy atom. The highest BCUT2D eigenvalue weighted by Gasteiger charge is 2.32. The zero-order valence-electron chi connectivity index (χ0n) is 17.4. The van der Waals surface area contributed by atoms with Crippen LogP contribution in [0.4, 0.5) is 5.69 Å². The van der Waals surface area contributed by atoms with Gasteiger partial charge >= 0.3 is 0 Å². The molecule has 5 N–H and O–H groups in total. The number of carbonyl (C=O) groups excluding carboxylic acids is 2. The number of amides is 2. The highest BCUT2D eigenvalue weighted by atomic mass is 32.1. The van der Waals surface area contributed by atoms with Crippen molar-refractivity contribution in [3.63, 3.8) is 0 Å². The summed E-state index contributed by atoms with van der Waals surface area (Å²) >= 11 is 1.66. The predicted molar refractivity (Wildman–Crippen MR) is 127 cm³/mol. The van der Waals surface area contributed by atoms with Crippen molar-refractivity contribution >= 4 is 39.7 Å². The number of benzene rings is 2. The number of hydrogen-bond acceptors (Lipinski definition) is 5. The number of nitrogen functional groups attached to an aromatic ring is 1. The molecule has 0 saturated heterocycles. The van der Waals surface area contributed by atoms with Crippen molar-refractivity contribution in [3.8, 4) is 21.7 Å². The average molecular weight is 444 g/mol. The summed E-state index contributed by atoms with van der Waals surface area (Å²) in [6, 6.07) is 11.9. The molecule has 32 heavy (non-hydrogen) atoms. The monoisotopic (exact) mass is 443 g/mol. The van der Waals surface area contributed by atoms with E-state index in [1.165, 1.54) is 5.56 Å². The van der Waals surface area contributed by atoms with Crippen molar-refractivity contribution in [3.05, 3.63) is 70.6 Å². The molecule has 0 radical (unpaired) electrons. The fourth-order valence-electron chi connectivity index (χ4n) is 4.13. The molecule has 0 fully saturated rings. The molecule has 0 saturated carbocycles. The number of aryl methyl sites for hydroxylation is 1. The van der Waals surface area contributed by atoms with Crippen molar-refractivity contribution < 1.29 is 9.59 Å². The van der Waals surface area contributed by atoms with Crippen LogP contribution in [0.15, 0.2) is 53.9 Å². The molecule has 0 spiro atoms. The molecule has 7 nitrogen and oxygen atoms in total. The van der Waals surface area contributed by atoms with Crippen molar-refractivity contribution in [2.45, 2.75) is 13.5 Å². The van der Waals surface area contributed by atoms with Gasteiger partial charge in [0.25, 0.3) is 5.91 Å². The Hall–Kier alpha value is -3.91. The lowest BCUT2D eigenvalue weighted by Gasteiger charge is -2.15. The van der Waals surface area contributed by atoms with Crippen LogP contribution in [0.1, 0.15) is 21.5 Å². The Morgan fingerprint density at radius 3 is 2.81 bits per heavy atom. The van der Waals surface area contributed by atoms with Crippen molar-refractivity contribution in [2.75, 3.05) is 12.3 Å². The SMILES string of the molecule is C=C(CN1Cc2c(-c3ccc4[nH]nc(-c5cc(C)cs5)c4c3)ccc(N)c2C1=O)C(N)=O. The van der Waals surface area contributed by atoms with Crippen LogP contribution in [0, 0.1) is 6.92 Å². The summed E-state index contributed by atoms with van der Waals surface area (Å²) in [6.07, 6.45) is 0. The van der Waals surface area contributed by atoms with Crippen LogP contribution in [0.3, 0.4) is 0 Å². The van der Waals surface area contributed by atoms with Gasteiger partial charge in [0.2, 0.25) is 5.91 Å². The van der Waals surface area contributed by atoms with Crippen molar-refractivity contribution in [2.24, 2.45) is 5.73 Å². The van der Waals surface area contributed by atoms with E-state index >= 15 is 0 Å². The van der Waals surface area contributed by atoms with Gasteiger partial charge in [-0.3, -0.25) is 14.7 Å². The highest BCUT2D eigenvalue weighted by Crippen LogP contribution is 2.39. The Kier molecular flexibility index (Phi) is 4.60. The summed E-state index contributed by atoms with van der Waals surface area (Å²) < 4.78 is 0.